The Morgan fingerprint density at radius 1 is 1.30 bits per heavy atom. The van der Waals surface area contributed by atoms with E-state index in [4.69, 9.17) is 9.15 Å². The van der Waals surface area contributed by atoms with E-state index in [9.17, 15) is 22.4 Å². The maximum Gasteiger partial charge on any atom is 0.417 e. The molecule has 2 aliphatic rings. The minimum atomic E-state index is -4.43. The fourth-order valence-electron chi connectivity index (χ4n) is 5.42. The first-order valence-corrected chi connectivity index (χ1v) is 12.2. The molecule has 2 N–H and O–H groups in total. The average Bonchev–Trinajstić information content (AvgIpc) is 3.21. The predicted octanol–water partition coefficient (Wildman–Crippen LogP) is 3.88. The van der Waals surface area contributed by atoms with Gasteiger partial charge in [0.1, 0.15) is 11.4 Å². The first-order chi connectivity index (χ1) is 17.7. The molecule has 0 saturated carbocycles. The second-order valence-corrected chi connectivity index (χ2v) is 9.72. The number of rotatable bonds is 8. The van der Waals surface area contributed by atoms with Crippen LogP contribution in [-0.4, -0.2) is 78.0 Å². The fraction of sp³-hybridized carbons (Fsp3) is 0.520. The molecule has 12 heteroatoms. The molecule has 0 aliphatic carbocycles. The van der Waals surface area contributed by atoms with Gasteiger partial charge >= 0.3 is 11.9 Å². The number of pyridine rings is 1. The summed E-state index contributed by atoms with van der Waals surface area (Å²) in [4.78, 5) is 22.6. The Balaban J connectivity index is 1.50. The fourth-order valence-corrected chi connectivity index (χ4v) is 5.42. The Labute approximate surface area is 210 Å². The molecule has 2 atom stereocenters. The third kappa shape index (κ3) is 5.17. The number of H-pyrrole nitrogens is 1. The number of nitrogens with zero attached hydrogens (tertiary/aromatic N) is 3. The molecule has 4 heterocycles. The molecule has 1 aromatic carbocycles. The van der Waals surface area contributed by atoms with Gasteiger partial charge < -0.3 is 14.5 Å². The van der Waals surface area contributed by atoms with Crippen LogP contribution >= 0.6 is 0 Å². The lowest BCUT2D eigenvalue weighted by Crippen LogP contribution is -2.54. The van der Waals surface area contributed by atoms with Gasteiger partial charge in [-0.05, 0) is 31.4 Å². The highest BCUT2D eigenvalue weighted by atomic mass is 19.4. The summed E-state index contributed by atoms with van der Waals surface area (Å²) < 4.78 is 64.4. The van der Waals surface area contributed by atoms with Crippen molar-refractivity contribution in [1.82, 2.24) is 19.8 Å². The molecule has 2 aliphatic heterocycles. The van der Waals surface area contributed by atoms with Crippen molar-refractivity contribution in [2.24, 2.45) is 0 Å². The number of fused-ring (bicyclic) bond motifs is 3. The maximum atomic E-state index is 13.7. The lowest BCUT2D eigenvalue weighted by Gasteiger charge is -2.42. The summed E-state index contributed by atoms with van der Waals surface area (Å²) in [7, 11) is 1.46. The van der Waals surface area contributed by atoms with Crippen LogP contribution in [0.2, 0.25) is 0 Å². The van der Waals surface area contributed by atoms with Crippen molar-refractivity contribution < 1.29 is 26.7 Å². The van der Waals surface area contributed by atoms with E-state index in [1.165, 1.54) is 12.0 Å². The van der Waals surface area contributed by atoms with Gasteiger partial charge in [-0.25, -0.2) is 4.79 Å². The molecule has 5 rings (SSSR count). The van der Waals surface area contributed by atoms with Crippen molar-refractivity contribution in [2.45, 2.75) is 44.1 Å². The van der Waals surface area contributed by atoms with E-state index in [0.29, 0.717) is 52.3 Å². The van der Waals surface area contributed by atoms with Gasteiger partial charge in [-0.1, -0.05) is 6.07 Å². The van der Waals surface area contributed by atoms with E-state index in [2.05, 4.69) is 20.2 Å². The number of likely N-dealkylation sites (tertiary alicyclic amines) is 1. The Hall–Kier alpha value is -3.12. The van der Waals surface area contributed by atoms with Crippen LogP contribution in [0.4, 0.5) is 23.2 Å². The number of oxazole rings is 1. The molecule has 3 aromatic rings. The molecule has 0 radical (unpaired) electrons. The summed E-state index contributed by atoms with van der Waals surface area (Å²) in [5.74, 6) is -0.262. The number of benzene rings is 1. The zero-order valence-corrected chi connectivity index (χ0v) is 20.6. The summed E-state index contributed by atoms with van der Waals surface area (Å²) in [5.41, 5.74) is 3.16. The van der Waals surface area contributed by atoms with E-state index in [1.807, 2.05) is 0 Å². The van der Waals surface area contributed by atoms with E-state index in [1.54, 1.807) is 31.3 Å². The lowest BCUT2D eigenvalue weighted by molar-refractivity contribution is -0.155. The predicted molar refractivity (Wildman–Crippen MR) is 130 cm³/mol. The van der Waals surface area contributed by atoms with Gasteiger partial charge in [0, 0.05) is 37.3 Å². The van der Waals surface area contributed by atoms with Crippen molar-refractivity contribution in [3.05, 3.63) is 51.8 Å². The minimum Gasteiger partial charge on any atom is -0.495 e. The number of ether oxygens (including phenoxy) is 1. The van der Waals surface area contributed by atoms with E-state index >= 15 is 0 Å². The quantitative estimate of drug-likeness (QED) is 0.434. The average molecular weight is 524 g/mol. The molecule has 200 valence electrons. The molecule has 1 saturated heterocycles. The number of methoxy groups -OCH3 is 1. The summed E-state index contributed by atoms with van der Waals surface area (Å²) in [5, 5.41) is 3.37. The van der Waals surface area contributed by atoms with Gasteiger partial charge in [0.25, 0.3) is 0 Å². The van der Waals surface area contributed by atoms with Crippen molar-refractivity contribution in [3.8, 4) is 5.75 Å². The maximum absolute atomic E-state index is 13.7. The van der Waals surface area contributed by atoms with E-state index in [-0.39, 0.29) is 19.1 Å². The van der Waals surface area contributed by atoms with Crippen molar-refractivity contribution in [3.63, 3.8) is 0 Å². The number of aromatic amines is 1. The Morgan fingerprint density at radius 3 is 2.78 bits per heavy atom. The van der Waals surface area contributed by atoms with Crippen molar-refractivity contribution >= 4 is 16.8 Å². The van der Waals surface area contributed by atoms with Gasteiger partial charge in [-0.3, -0.25) is 24.2 Å². The molecular weight excluding hydrogens is 494 g/mol. The van der Waals surface area contributed by atoms with Gasteiger partial charge in [-0.2, -0.15) is 13.2 Å². The van der Waals surface area contributed by atoms with Crippen molar-refractivity contribution in [2.75, 3.05) is 45.3 Å². The van der Waals surface area contributed by atoms with E-state index in [0.717, 1.165) is 13.1 Å². The minimum absolute atomic E-state index is 0.166. The first kappa shape index (κ1) is 25.5. The Morgan fingerprint density at radius 2 is 2.08 bits per heavy atom. The largest absolute Gasteiger partial charge is 0.495 e. The van der Waals surface area contributed by atoms with Crippen LogP contribution in [0.15, 0.2) is 33.6 Å². The second-order valence-electron chi connectivity index (χ2n) is 9.72. The normalized spacial score (nSPS) is 21.1. The number of aromatic nitrogens is 2. The highest BCUT2D eigenvalue weighted by molar-refractivity contribution is 5.78. The highest BCUT2D eigenvalue weighted by Gasteiger charge is 2.43. The standard InChI is InChI=1S/C25H29F4N5O3/c1-14-8-18-17(4-5-19-23(18)37-24(35)32-19)22(34(14)13-25(27,28)29)21-20(36-2)9-15(10-30-21)31-16-11-33(12-16)7-3-6-26/h4-5,9-10,14,16,22,31H,3,6-8,11-13H2,1-2H3,(H,32,35)/t14-,22+/m1/s1. The highest BCUT2D eigenvalue weighted by Crippen LogP contribution is 2.44. The van der Waals surface area contributed by atoms with Crippen LogP contribution in [0.25, 0.3) is 11.1 Å². The van der Waals surface area contributed by atoms with Gasteiger partial charge in [-0.15, -0.1) is 0 Å². The number of nitrogens with one attached hydrogen (secondary N) is 2. The zero-order valence-electron chi connectivity index (χ0n) is 20.6. The van der Waals surface area contributed by atoms with Crippen LogP contribution in [0.5, 0.6) is 5.75 Å². The van der Waals surface area contributed by atoms with Crippen LogP contribution < -0.4 is 15.8 Å². The first-order valence-electron chi connectivity index (χ1n) is 12.2. The van der Waals surface area contributed by atoms with Crippen LogP contribution in [0.1, 0.15) is 36.2 Å². The topological polar surface area (TPSA) is 86.6 Å². The van der Waals surface area contributed by atoms with Crippen LogP contribution in [0, 0.1) is 0 Å². The molecule has 0 unspecified atom stereocenters. The Kier molecular flexibility index (Phi) is 6.88. The SMILES string of the molecule is COc1cc(NC2CN(CCCF)C2)cnc1[C@@H]1c2ccc3[nH]c(=O)oc3c2C[C@@H](C)N1CC(F)(F)F. The number of halogens is 4. The summed E-state index contributed by atoms with van der Waals surface area (Å²) in [6.07, 6.45) is -2.04. The molecule has 8 nitrogen and oxygen atoms in total. The van der Waals surface area contributed by atoms with Gasteiger partial charge in [0.05, 0.1) is 49.8 Å². The summed E-state index contributed by atoms with van der Waals surface area (Å²) in [6.45, 7) is 2.50. The van der Waals surface area contributed by atoms with E-state index < -0.39 is 30.6 Å². The van der Waals surface area contributed by atoms with Crippen LogP contribution in [0.3, 0.4) is 0 Å². The third-order valence-electron chi connectivity index (χ3n) is 7.08. The third-order valence-corrected chi connectivity index (χ3v) is 7.08. The molecule has 0 bridgehead atoms. The van der Waals surface area contributed by atoms with Gasteiger partial charge in [0.2, 0.25) is 0 Å². The number of hydrogen-bond donors (Lipinski definition) is 2. The molecule has 2 aromatic heterocycles. The van der Waals surface area contributed by atoms with Crippen molar-refractivity contribution in [1.29, 1.82) is 0 Å². The number of hydrogen-bond acceptors (Lipinski definition) is 7. The molecule has 0 amide bonds. The Bertz CT molecular complexity index is 1320. The monoisotopic (exact) mass is 523 g/mol. The summed E-state index contributed by atoms with van der Waals surface area (Å²) in [6, 6.07) is 3.89. The molecular formula is C25H29F4N5O3. The molecule has 0 spiro atoms. The second kappa shape index (κ2) is 9.97. The van der Waals surface area contributed by atoms with Crippen LogP contribution in [-0.2, 0) is 6.42 Å². The number of alkyl halides is 4. The molecule has 1 fully saturated rings. The number of anilines is 1. The summed E-state index contributed by atoms with van der Waals surface area (Å²) >= 11 is 0. The lowest BCUT2D eigenvalue weighted by atomic mass is 9.86. The smallest absolute Gasteiger partial charge is 0.417 e. The van der Waals surface area contributed by atoms with Gasteiger partial charge in [0.15, 0.2) is 5.58 Å². The zero-order chi connectivity index (χ0) is 26.3. The molecule has 37 heavy (non-hydrogen) atoms.